The van der Waals surface area contributed by atoms with Crippen LogP contribution in [0.3, 0.4) is 0 Å². The van der Waals surface area contributed by atoms with Crippen LogP contribution in [0.5, 0.6) is 5.75 Å². The number of hydrogen-bond acceptors (Lipinski definition) is 5. The summed E-state index contributed by atoms with van der Waals surface area (Å²) in [5.41, 5.74) is 9.95. The Morgan fingerprint density at radius 2 is 1.85 bits per heavy atom. The van der Waals surface area contributed by atoms with Crippen molar-refractivity contribution in [2.75, 3.05) is 19.8 Å². The van der Waals surface area contributed by atoms with Crippen molar-refractivity contribution in [3.05, 3.63) is 80.4 Å². The summed E-state index contributed by atoms with van der Waals surface area (Å²) in [6, 6.07) is 5.21. The fraction of sp³-hybridized carbons (Fsp3) is 0.406. The van der Waals surface area contributed by atoms with Gasteiger partial charge in [0.25, 0.3) is 5.91 Å². The highest BCUT2D eigenvalue weighted by atomic mass is 19.1. The lowest BCUT2D eigenvalue weighted by atomic mass is 9.79. The van der Waals surface area contributed by atoms with Crippen LogP contribution in [0.25, 0.3) is 11.1 Å². The second kappa shape index (κ2) is 10.8. The third-order valence-corrected chi connectivity index (χ3v) is 8.16. The minimum atomic E-state index is -0.383. The number of aromatic nitrogens is 1. The van der Waals surface area contributed by atoms with E-state index in [1.54, 1.807) is 19.2 Å². The van der Waals surface area contributed by atoms with Crippen molar-refractivity contribution in [3.63, 3.8) is 0 Å². The molecule has 0 bridgehead atoms. The molecule has 2 aliphatic heterocycles. The fourth-order valence-corrected chi connectivity index (χ4v) is 6.08. The summed E-state index contributed by atoms with van der Waals surface area (Å²) in [6.07, 6.45) is 3.99. The maximum atomic E-state index is 15.4. The Morgan fingerprint density at radius 1 is 1.05 bits per heavy atom. The molecule has 2 aromatic carbocycles. The van der Waals surface area contributed by atoms with E-state index in [-0.39, 0.29) is 24.1 Å². The topological polar surface area (TPSA) is 68.7 Å². The molecule has 3 aromatic rings. The second-order valence-corrected chi connectivity index (χ2v) is 10.5. The van der Waals surface area contributed by atoms with Crippen molar-refractivity contribution in [1.29, 1.82) is 0 Å². The quantitative estimate of drug-likeness (QED) is 0.393. The van der Waals surface area contributed by atoms with Crippen LogP contribution in [0.15, 0.2) is 24.4 Å². The zero-order chi connectivity index (χ0) is 27.8. The Balaban J connectivity index is 1.66. The first-order chi connectivity index (χ1) is 18.7. The summed E-state index contributed by atoms with van der Waals surface area (Å²) in [4.78, 5) is 32.3. The van der Waals surface area contributed by atoms with Gasteiger partial charge >= 0.3 is 5.97 Å². The van der Waals surface area contributed by atoms with E-state index in [2.05, 4.69) is 4.98 Å². The van der Waals surface area contributed by atoms with Crippen molar-refractivity contribution in [2.45, 2.75) is 66.8 Å². The smallest absolute Gasteiger partial charge is 0.310 e. The van der Waals surface area contributed by atoms with Crippen molar-refractivity contribution in [3.8, 4) is 16.9 Å². The minimum Gasteiger partial charge on any atom is -0.490 e. The van der Waals surface area contributed by atoms with Crippen LogP contribution in [0.2, 0.25) is 0 Å². The fourth-order valence-electron chi connectivity index (χ4n) is 6.08. The number of carbonyl (C=O) groups excluding carboxylic acids is 2. The van der Waals surface area contributed by atoms with E-state index >= 15 is 4.39 Å². The Hall–Kier alpha value is -3.74. The number of ether oxygens (including phenoxy) is 2. The van der Waals surface area contributed by atoms with E-state index in [0.717, 1.165) is 68.6 Å². The van der Waals surface area contributed by atoms with E-state index < -0.39 is 0 Å². The zero-order valence-electron chi connectivity index (χ0n) is 23.4. The van der Waals surface area contributed by atoms with Crippen LogP contribution in [0, 0.1) is 33.5 Å². The molecule has 0 radical (unpaired) electrons. The van der Waals surface area contributed by atoms with Gasteiger partial charge in [-0.05, 0) is 117 Å². The van der Waals surface area contributed by atoms with Crippen LogP contribution < -0.4 is 4.74 Å². The molecule has 3 heterocycles. The lowest BCUT2D eigenvalue weighted by molar-refractivity contribution is -0.142. The van der Waals surface area contributed by atoms with Crippen LogP contribution in [0.4, 0.5) is 4.39 Å². The molecule has 0 saturated heterocycles. The van der Waals surface area contributed by atoms with E-state index in [0.29, 0.717) is 44.0 Å². The molecule has 1 aromatic heterocycles. The maximum absolute atomic E-state index is 15.4. The Kier molecular flexibility index (Phi) is 7.43. The van der Waals surface area contributed by atoms with Crippen molar-refractivity contribution in [2.24, 2.45) is 0 Å². The largest absolute Gasteiger partial charge is 0.490 e. The zero-order valence-corrected chi connectivity index (χ0v) is 23.4. The molecule has 0 saturated carbocycles. The van der Waals surface area contributed by atoms with Crippen LogP contribution >= 0.6 is 0 Å². The molecule has 7 heteroatoms. The molecule has 0 aliphatic carbocycles. The van der Waals surface area contributed by atoms with E-state index in [9.17, 15) is 9.59 Å². The Morgan fingerprint density at radius 3 is 2.56 bits per heavy atom. The molecule has 0 unspecified atom stereocenters. The highest BCUT2D eigenvalue weighted by molar-refractivity contribution is 5.94. The van der Waals surface area contributed by atoms with Gasteiger partial charge in [0.1, 0.15) is 0 Å². The molecule has 5 rings (SSSR count). The first-order valence-corrected chi connectivity index (χ1v) is 13.7. The minimum absolute atomic E-state index is 0.0597. The number of carbonyl (C=O) groups is 2. The standard InChI is InChI=1S/C32H35FN2O4/c1-6-38-29(36)15-26-19(3)23-11-12-35(32(37)22-10-9-18(2)34-16-22)17-27(23)21(5)30(26)25-14-28(33)31-24(20(25)4)8-7-13-39-31/h9-10,14,16H,6-8,11-13,15,17H2,1-5H3. The molecule has 0 fully saturated rings. The van der Waals surface area contributed by atoms with Gasteiger partial charge in [-0.15, -0.1) is 0 Å². The summed E-state index contributed by atoms with van der Waals surface area (Å²) in [5.74, 6) is -0.410. The van der Waals surface area contributed by atoms with Gasteiger partial charge in [-0.25, -0.2) is 4.39 Å². The maximum Gasteiger partial charge on any atom is 0.310 e. The van der Waals surface area contributed by atoms with Crippen molar-refractivity contribution in [1.82, 2.24) is 9.88 Å². The highest BCUT2D eigenvalue weighted by Gasteiger charge is 2.30. The highest BCUT2D eigenvalue weighted by Crippen LogP contribution is 2.43. The van der Waals surface area contributed by atoms with Gasteiger partial charge in [-0.2, -0.15) is 0 Å². The third-order valence-electron chi connectivity index (χ3n) is 8.16. The number of aryl methyl sites for hydroxylation is 1. The first kappa shape index (κ1) is 26.9. The van der Waals surface area contributed by atoms with Crippen molar-refractivity contribution < 1.29 is 23.5 Å². The number of fused-ring (bicyclic) bond motifs is 2. The Labute approximate surface area is 229 Å². The van der Waals surface area contributed by atoms with Gasteiger partial charge in [0.05, 0.1) is 25.2 Å². The molecule has 1 amide bonds. The van der Waals surface area contributed by atoms with Crippen LogP contribution in [-0.2, 0) is 35.3 Å². The summed E-state index contributed by atoms with van der Waals surface area (Å²) in [7, 11) is 0. The third kappa shape index (κ3) is 4.90. The normalized spacial score (nSPS) is 14.4. The molecular formula is C32H35FN2O4. The molecule has 0 atom stereocenters. The van der Waals surface area contributed by atoms with E-state index in [4.69, 9.17) is 9.47 Å². The number of rotatable bonds is 5. The molecule has 204 valence electrons. The molecule has 0 N–H and O–H groups in total. The predicted molar refractivity (Wildman–Crippen MR) is 148 cm³/mol. The number of amides is 1. The van der Waals surface area contributed by atoms with Gasteiger partial charge in [-0.1, -0.05) is 0 Å². The van der Waals surface area contributed by atoms with E-state index in [1.807, 2.05) is 44.7 Å². The van der Waals surface area contributed by atoms with Gasteiger partial charge in [0.2, 0.25) is 0 Å². The number of benzene rings is 2. The molecule has 39 heavy (non-hydrogen) atoms. The average molecular weight is 531 g/mol. The van der Waals surface area contributed by atoms with Gasteiger partial charge in [0, 0.05) is 30.5 Å². The van der Waals surface area contributed by atoms with Gasteiger partial charge in [-0.3, -0.25) is 14.6 Å². The molecular weight excluding hydrogens is 495 g/mol. The average Bonchev–Trinajstić information content (AvgIpc) is 2.94. The van der Waals surface area contributed by atoms with Crippen LogP contribution in [0.1, 0.15) is 68.3 Å². The van der Waals surface area contributed by atoms with Crippen LogP contribution in [-0.4, -0.2) is 41.5 Å². The summed E-state index contributed by atoms with van der Waals surface area (Å²) in [6.45, 7) is 11.6. The summed E-state index contributed by atoms with van der Waals surface area (Å²) >= 11 is 0. The summed E-state index contributed by atoms with van der Waals surface area (Å²) in [5, 5.41) is 0. The predicted octanol–water partition coefficient (Wildman–Crippen LogP) is 5.75. The number of esters is 1. The SMILES string of the molecule is CCOC(=O)Cc1c(C)c2c(c(C)c1-c1cc(F)c3c(c1C)CCCO3)CN(C(=O)c1ccc(C)nc1)CC2. The Bertz CT molecular complexity index is 1460. The van der Waals surface area contributed by atoms with E-state index in [1.165, 1.54) is 0 Å². The van der Waals surface area contributed by atoms with Crippen molar-refractivity contribution >= 4 is 11.9 Å². The number of pyridine rings is 1. The monoisotopic (exact) mass is 530 g/mol. The second-order valence-electron chi connectivity index (χ2n) is 10.5. The van der Waals surface area contributed by atoms with Gasteiger partial charge < -0.3 is 14.4 Å². The lowest BCUT2D eigenvalue weighted by Gasteiger charge is -2.34. The number of hydrogen-bond donors (Lipinski definition) is 0. The first-order valence-electron chi connectivity index (χ1n) is 13.7. The molecule has 2 aliphatic rings. The molecule has 0 spiro atoms. The lowest BCUT2D eigenvalue weighted by Crippen LogP contribution is -2.37. The summed E-state index contributed by atoms with van der Waals surface area (Å²) < 4.78 is 26.4. The molecule has 6 nitrogen and oxygen atoms in total. The number of nitrogens with zero attached hydrogens (tertiary/aromatic N) is 2. The van der Waals surface area contributed by atoms with Gasteiger partial charge in [0.15, 0.2) is 11.6 Å². The number of halogens is 1.